The number of hydrogen-bond donors (Lipinski definition) is 1. The zero-order valence-electron chi connectivity index (χ0n) is 11.2. The lowest BCUT2D eigenvalue weighted by Gasteiger charge is -2.44. The first kappa shape index (κ1) is 12.9. The van der Waals surface area contributed by atoms with Gasteiger partial charge in [-0.15, -0.1) is 0 Å². The first-order valence-electron chi connectivity index (χ1n) is 6.89. The average molecular weight is 265 g/mol. The predicted molar refractivity (Wildman–Crippen MR) is 71.1 cm³/mol. The number of nitrogens with one attached hydrogen (secondary N) is 1. The van der Waals surface area contributed by atoms with Gasteiger partial charge in [-0.1, -0.05) is 0 Å². The summed E-state index contributed by atoms with van der Waals surface area (Å²) < 4.78 is 24.4. The second-order valence-corrected chi connectivity index (χ2v) is 5.62. The molecule has 0 bridgehead atoms. The molecule has 2 heterocycles. The molecule has 1 aromatic rings. The fourth-order valence-electron chi connectivity index (χ4n) is 3.23. The van der Waals surface area contributed by atoms with Crippen molar-refractivity contribution in [3.63, 3.8) is 0 Å². The van der Waals surface area contributed by atoms with Crippen LogP contribution in [0, 0.1) is 5.82 Å². The second-order valence-electron chi connectivity index (χ2n) is 5.62. The maximum atomic E-state index is 13.6. The molecular formula is C15H20FNO2. The van der Waals surface area contributed by atoms with Crippen molar-refractivity contribution in [3.8, 4) is 5.75 Å². The van der Waals surface area contributed by atoms with Crippen LogP contribution in [0.5, 0.6) is 5.75 Å². The van der Waals surface area contributed by atoms with Crippen LogP contribution in [0.25, 0.3) is 0 Å². The van der Waals surface area contributed by atoms with E-state index in [-0.39, 0.29) is 11.2 Å². The second kappa shape index (κ2) is 5.10. The highest BCUT2D eigenvalue weighted by atomic mass is 19.1. The predicted octanol–water partition coefficient (Wildman–Crippen LogP) is 2.24. The van der Waals surface area contributed by atoms with Crippen LogP contribution in [0.3, 0.4) is 0 Å². The van der Waals surface area contributed by atoms with Gasteiger partial charge in [-0.05, 0) is 44.0 Å². The third-order valence-corrected chi connectivity index (χ3v) is 4.29. The Hall–Kier alpha value is -1.13. The molecule has 0 spiro atoms. The van der Waals surface area contributed by atoms with Crippen molar-refractivity contribution in [1.82, 2.24) is 5.32 Å². The van der Waals surface area contributed by atoms with Crippen LogP contribution in [0.15, 0.2) is 18.2 Å². The molecule has 2 saturated heterocycles. The van der Waals surface area contributed by atoms with Crippen LogP contribution in [-0.2, 0) is 10.2 Å². The molecule has 3 rings (SSSR count). The van der Waals surface area contributed by atoms with Crippen molar-refractivity contribution < 1.29 is 13.9 Å². The van der Waals surface area contributed by atoms with E-state index >= 15 is 0 Å². The molecule has 2 aliphatic rings. The molecule has 0 radical (unpaired) electrons. The Bertz CT molecular complexity index is 453. The number of ether oxygens (including phenoxy) is 2. The van der Waals surface area contributed by atoms with Gasteiger partial charge in [0.25, 0.3) is 0 Å². The van der Waals surface area contributed by atoms with Gasteiger partial charge in [-0.3, -0.25) is 0 Å². The maximum Gasteiger partial charge on any atom is 0.123 e. The number of rotatable bonds is 4. The highest BCUT2D eigenvalue weighted by Gasteiger charge is 2.44. The van der Waals surface area contributed by atoms with Crippen LogP contribution in [0.2, 0.25) is 0 Å². The van der Waals surface area contributed by atoms with E-state index in [2.05, 4.69) is 5.32 Å². The number of benzene rings is 1. The minimum Gasteiger partial charge on any atom is -0.496 e. The Morgan fingerprint density at radius 2 is 2.32 bits per heavy atom. The first-order valence-corrected chi connectivity index (χ1v) is 6.89. The van der Waals surface area contributed by atoms with Gasteiger partial charge in [0.05, 0.1) is 20.3 Å². The molecule has 0 aliphatic carbocycles. The molecule has 3 nitrogen and oxygen atoms in total. The van der Waals surface area contributed by atoms with Gasteiger partial charge in [-0.2, -0.15) is 0 Å². The summed E-state index contributed by atoms with van der Waals surface area (Å²) >= 11 is 0. The van der Waals surface area contributed by atoms with Crippen molar-refractivity contribution in [1.29, 1.82) is 0 Å². The van der Waals surface area contributed by atoms with Crippen molar-refractivity contribution in [3.05, 3.63) is 29.6 Å². The standard InChI is InChI=1S/C15H20FNO2/c1-18-14-5-4-11(16)7-13(14)15(9-19-10-15)8-12-3-2-6-17-12/h4-5,7,12,17H,2-3,6,8-10H2,1H3. The quantitative estimate of drug-likeness (QED) is 0.905. The van der Waals surface area contributed by atoms with Crippen LogP contribution < -0.4 is 10.1 Å². The zero-order valence-corrected chi connectivity index (χ0v) is 11.2. The Morgan fingerprint density at radius 1 is 1.47 bits per heavy atom. The minimum atomic E-state index is -0.207. The van der Waals surface area contributed by atoms with E-state index in [1.807, 2.05) is 0 Å². The van der Waals surface area contributed by atoms with Gasteiger partial charge in [0, 0.05) is 17.0 Å². The van der Waals surface area contributed by atoms with Gasteiger partial charge in [0.1, 0.15) is 11.6 Å². The maximum absolute atomic E-state index is 13.6. The summed E-state index contributed by atoms with van der Waals surface area (Å²) in [5, 5.41) is 3.51. The van der Waals surface area contributed by atoms with Crippen molar-refractivity contribution >= 4 is 0 Å². The minimum absolute atomic E-state index is 0.0878. The normalized spacial score (nSPS) is 25.1. The molecule has 1 N–H and O–H groups in total. The van der Waals surface area contributed by atoms with E-state index in [0.717, 1.165) is 24.3 Å². The summed E-state index contributed by atoms with van der Waals surface area (Å²) in [5.41, 5.74) is 0.866. The Balaban J connectivity index is 1.90. The third-order valence-electron chi connectivity index (χ3n) is 4.29. The van der Waals surface area contributed by atoms with Crippen LogP contribution in [0.4, 0.5) is 4.39 Å². The molecule has 1 unspecified atom stereocenters. The molecule has 1 aromatic carbocycles. The van der Waals surface area contributed by atoms with Gasteiger partial charge in [0.2, 0.25) is 0 Å². The molecule has 2 fully saturated rings. The summed E-state index contributed by atoms with van der Waals surface area (Å²) in [6.45, 7) is 2.40. The molecule has 0 amide bonds. The first-order chi connectivity index (χ1) is 9.23. The molecule has 19 heavy (non-hydrogen) atoms. The van der Waals surface area contributed by atoms with E-state index in [1.54, 1.807) is 19.2 Å². The largest absolute Gasteiger partial charge is 0.496 e. The van der Waals surface area contributed by atoms with Crippen molar-refractivity contribution in [2.75, 3.05) is 26.9 Å². The summed E-state index contributed by atoms with van der Waals surface area (Å²) in [4.78, 5) is 0. The molecule has 0 saturated carbocycles. The Morgan fingerprint density at radius 3 is 2.89 bits per heavy atom. The van der Waals surface area contributed by atoms with Crippen LogP contribution >= 0.6 is 0 Å². The van der Waals surface area contributed by atoms with Crippen LogP contribution in [-0.4, -0.2) is 32.9 Å². The van der Waals surface area contributed by atoms with Gasteiger partial charge < -0.3 is 14.8 Å². The van der Waals surface area contributed by atoms with Gasteiger partial charge in [0.15, 0.2) is 0 Å². The van der Waals surface area contributed by atoms with E-state index in [4.69, 9.17) is 9.47 Å². The fourth-order valence-corrected chi connectivity index (χ4v) is 3.23. The topological polar surface area (TPSA) is 30.5 Å². The summed E-state index contributed by atoms with van der Waals surface area (Å²) in [6.07, 6.45) is 3.41. The van der Waals surface area contributed by atoms with Crippen LogP contribution in [0.1, 0.15) is 24.8 Å². The molecule has 104 valence electrons. The van der Waals surface area contributed by atoms with Crippen molar-refractivity contribution in [2.45, 2.75) is 30.7 Å². The highest BCUT2D eigenvalue weighted by molar-refractivity contribution is 5.42. The van der Waals surface area contributed by atoms with E-state index < -0.39 is 0 Å². The monoisotopic (exact) mass is 265 g/mol. The number of hydrogen-bond acceptors (Lipinski definition) is 3. The lowest BCUT2D eigenvalue weighted by atomic mass is 9.73. The molecule has 1 atom stereocenters. The van der Waals surface area contributed by atoms with Crippen molar-refractivity contribution in [2.24, 2.45) is 0 Å². The fraction of sp³-hybridized carbons (Fsp3) is 0.600. The molecule has 2 aliphatic heterocycles. The Labute approximate surface area is 113 Å². The lowest BCUT2D eigenvalue weighted by Crippen LogP contribution is -2.50. The van der Waals surface area contributed by atoms with E-state index in [0.29, 0.717) is 19.3 Å². The Kier molecular flexibility index (Phi) is 3.46. The highest BCUT2D eigenvalue weighted by Crippen LogP contribution is 2.42. The number of methoxy groups -OCH3 is 1. The summed E-state index contributed by atoms with van der Waals surface area (Å²) in [6, 6.07) is 5.28. The SMILES string of the molecule is COc1ccc(F)cc1C1(CC2CCCN2)COC1. The smallest absolute Gasteiger partial charge is 0.123 e. The summed E-state index contributed by atoms with van der Waals surface area (Å²) in [7, 11) is 1.64. The molecule has 4 heteroatoms. The average Bonchev–Trinajstić information content (AvgIpc) is 2.86. The zero-order chi connectivity index (χ0) is 13.3. The molecular weight excluding hydrogens is 245 g/mol. The van der Waals surface area contributed by atoms with Gasteiger partial charge >= 0.3 is 0 Å². The van der Waals surface area contributed by atoms with Gasteiger partial charge in [-0.25, -0.2) is 4.39 Å². The van der Waals surface area contributed by atoms with E-state index in [9.17, 15) is 4.39 Å². The number of halogens is 1. The summed E-state index contributed by atoms with van der Waals surface area (Å²) in [5.74, 6) is 0.559. The lowest BCUT2D eigenvalue weighted by molar-refractivity contribution is -0.0689. The van der Waals surface area contributed by atoms with E-state index in [1.165, 1.54) is 18.9 Å². The third kappa shape index (κ3) is 2.35. The molecule has 0 aromatic heterocycles.